The Kier molecular flexibility index (Phi) is 4.38. The molecule has 4 heteroatoms. The number of likely N-dealkylation sites (tertiary alicyclic amines) is 1. The lowest BCUT2D eigenvalue weighted by Crippen LogP contribution is -2.38. The summed E-state index contributed by atoms with van der Waals surface area (Å²) >= 11 is 3.45. The van der Waals surface area contributed by atoms with E-state index in [0.717, 1.165) is 36.0 Å². The van der Waals surface area contributed by atoms with Gasteiger partial charge < -0.3 is 9.88 Å². The Morgan fingerprint density at radius 1 is 1.12 bits per heavy atom. The highest BCUT2D eigenvalue weighted by Gasteiger charge is 2.27. The maximum atomic E-state index is 12.7. The van der Waals surface area contributed by atoms with Gasteiger partial charge in [-0.25, -0.2) is 0 Å². The molecule has 1 amide bonds. The molecule has 2 heterocycles. The number of nitrogens with one attached hydrogen (secondary N) is 1. The molecule has 4 rings (SSSR count). The van der Waals surface area contributed by atoms with Crippen molar-refractivity contribution in [3.05, 3.63) is 69.8 Å². The minimum atomic E-state index is 0.135. The van der Waals surface area contributed by atoms with Crippen LogP contribution in [-0.4, -0.2) is 28.9 Å². The third kappa shape index (κ3) is 3.11. The van der Waals surface area contributed by atoms with Gasteiger partial charge in [0.25, 0.3) is 5.91 Å². The molecular weight excluding hydrogens is 376 g/mol. The molecule has 128 valence electrons. The number of nitrogens with zero attached hydrogens (tertiary/aromatic N) is 1. The van der Waals surface area contributed by atoms with E-state index in [-0.39, 0.29) is 5.91 Å². The predicted molar refractivity (Wildman–Crippen MR) is 105 cm³/mol. The van der Waals surface area contributed by atoms with Gasteiger partial charge in [-0.15, -0.1) is 0 Å². The molecule has 1 aromatic heterocycles. The molecule has 3 aromatic rings. The molecule has 0 atom stereocenters. The van der Waals surface area contributed by atoms with Crippen LogP contribution in [0.5, 0.6) is 0 Å². The average Bonchev–Trinajstić information content (AvgIpc) is 2.97. The zero-order valence-electron chi connectivity index (χ0n) is 14.3. The number of carbonyl (C=O) groups is 1. The molecule has 1 saturated heterocycles. The molecule has 0 saturated carbocycles. The average molecular weight is 397 g/mol. The number of aromatic nitrogens is 1. The Morgan fingerprint density at radius 2 is 1.88 bits per heavy atom. The SMILES string of the molecule is Cc1[nH]c2ccccc2c1C1CCN(C(=O)c2cccc(Br)c2)CC1. The van der Waals surface area contributed by atoms with Gasteiger partial charge in [0.2, 0.25) is 0 Å². The van der Waals surface area contributed by atoms with Gasteiger partial charge in [0.15, 0.2) is 0 Å². The first-order valence-electron chi connectivity index (χ1n) is 8.75. The van der Waals surface area contributed by atoms with E-state index in [9.17, 15) is 4.79 Å². The topological polar surface area (TPSA) is 36.1 Å². The second kappa shape index (κ2) is 6.68. The van der Waals surface area contributed by atoms with Gasteiger partial charge in [0, 0.05) is 39.7 Å². The first-order chi connectivity index (χ1) is 12.1. The molecular formula is C21H21BrN2O. The molecule has 1 aliphatic rings. The van der Waals surface area contributed by atoms with E-state index >= 15 is 0 Å². The quantitative estimate of drug-likeness (QED) is 0.629. The van der Waals surface area contributed by atoms with Crippen molar-refractivity contribution >= 4 is 32.7 Å². The number of carbonyl (C=O) groups excluding carboxylic acids is 1. The highest BCUT2D eigenvalue weighted by atomic mass is 79.9. The molecule has 0 radical (unpaired) electrons. The van der Waals surface area contributed by atoms with E-state index in [1.54, 1.807) is 0 Å². The Bertz CT molecular complexity index is 923. The first-order valence-corrected chi connectivity index (χ1v) is 9.55. The maximum Gasteiger partial charge on any atom is 0.253 e. The third-order valence-corrected chi connectivity index (χ3v) is 5.70. The van der Waals surface area contributed by atoms with Crippen molar-refractivity contribution < 1.29 is 4.79 Å². The molecule has 0 spiro atoms. The second-order valence-corrected chi connectivity index (χ2v) is 7.70. The highest BCUT2D eigenvalue weighted by Crippen LogP contribution is 2.35. The molecule has 1 fully saturated rings. The van der Waals surface area contributed by atoms with Crippen molar-refractivity contribution in [1.82, 2.24) is 9.88 Å². The summed E-state index contributed by atoms with van der Waals surface area (Å²) in [5.41, 5.74) is 4.67. The number of piperidine rings is 1. The standard InChI is InChI=1S/C21H21BrN2O/c1-14-20(18-7-2-3-8-19(18)23-14)15-9-11-24(12-10-15)21(25)16-5-4-6-17(22)13-16/h2-8,13,15,23H,9-12H2,1H3. The number of aryl methyl sites for hydroxylation is 1. The Morgan fingerprint density at radius 3 is 2.64 bits per heavy atom. The largest absolute Gasteiger partial charge is 0.358 e. The molecule has 25 heavy (non-hydrogen) atoms. The van der Waals surface area contributed by atoms with Crippen molar-refractivity contribution in [1.29, 1.82) is 0 Å². The van der Waals surface area contributed by atoms with Crippen LogP contribution in [-0.2, 0) is 0 Å². The van der Waals surface area contributed by atoms with Crippen molar-refractivity contribution in [2.75, 3.05) is 13.1 Å². The van der Waals surface area contributed by atoms with E-state index in [0.29, 0.717) is 5.92 Å². The van der Waals surface area contributed by atoms with Crippen LogP contribution in [0.25, 0.3) is 10.9 Å². The summed E-state index contributed by atoms with van der Waals surface area (Å²) in [7, 11) is 0. The fourth-order valence-electron chi connectivity index (χ4n) is 4.00. The van der Waals surface area contributed by atoms with Gasteiger partial charge in [-0.3, -0.25) is 4.79 Å². The lowest BCUT2D eigenvalue weighted by Gasteiger charge is -2.32. The summed E-state index contributed by atoms with van der Waals surface area (Å²) in [6.45, 7) is 3.79. The van der Waals surface area contributed by atoms with Crippen molar-refractivity contribution in [3.63, 3.8) is 0 Å². The van der Waals surface area contributed by atoms with E-state index in [2.05, 4.69) is 52.1 Å². The number of benzene rings is 2. The minimum Gasteiger partial charge on any atom is -0.358 e. The first kappa shape index (κ1) is 16.4. The van der Waals surface area contributed by atoms with Gasteiger partial charge in [0.05, 0.1) is 0 Å². The zero-order chi connectivity index (χ0) is 17.4. The smallest absolute Gasteiger partial charge is 0.253 e. The number of amides is 1. The lowest BCUT2D eigenvalue weighted by molar-refractivity contribution is 0.0713. The van der Waals surface area contributed by atoms with E-state index in [1.807, 2.05) is 29.2 Å². The Hall–Kier alpha value is -2.07. The van der Waals surface area contributed by atoms with Crippen molar-refractivity contribution in [3.8, 4) is 0 Å². The second-order valence-electron chi connectivity index (χ2n) is 6.79. The van der Waals surface area contributed by atoms with Gasteiger partial charge in [-0.05, 0) is 55.5 Å². The van der Waals surface area contributed by atoms with Gasteiger partial charge in [0.1, 0.15) is 0 Å². The minimum absolute atomic E-state index is 0.135. The van der Waals surface area contributed by atoms with Crippen LogP contribution in [0.4, 0.5) is 0 Å². The van der Waals surface area contributed by atoms with E-state index < -0.39 is 0 Å². The van der Waals surface area contributed by atoms with Crippen molar-refractivity contribution in [2.24, 2.45) is 0 Å². The number of aromatic amines is 1. The monoisotopic (exact) mass is 396 g/mol. The number of halogens is 1. The predicted octanol–water partition coefficient (Wildman–Crippen LogP) is 5.26. The fraction of sp³-hybridized carbons (Fsp3) is 0.286. The number of hydrogen-bond donors (Lipinski definition) is 1. The lowest BCUT2D eigenvalue weighted by atomic mass is 9.87. The summed E-state index contributed by atoms with van der Waals surface area (Å²) in [5.74, 6) is 0.651. The molecule has 2 aromatic carbocycles. The number of fused-ring (bicyclic) bond motifs is 1. The van der Waals surface area contributed by atoms with Crippen molar-refractivity contribution in [2.45, 2.75) is 25.7 Å². The molecule has 0 aliphatic carbocycles. The van der Waals surface area contributed by atoms with Crippen LogP contribution < -0.4 is 0 Å². The van der Waals surface area contributed by atoms with Crippen LogP contribution in [0.15, 0.2) is 53.0 Å². The van der Waals surface area contributed by atoms with E-state index in [4.69, 9.17) is 0 Å². The Balaban J connectivity index is 1.51. The third-order valence-electron chi connectivity index (χ3n) is 5.21. The Labute approximate surface area is 156 Å². The number of para-hydroxylation sites is 1. The normalized spacial score (nSPS) is 15.7. The zero-order valence-corrected chi connectivity index (χ0v) is 15.8. The maximum absolute atomic E-state index is 12.7. The van der Waals surface area contributed by atoms with Gasteiger partial charge in [-0.2, -0.15) is 0 Å². The fourth-order valence-corrected chi connectivity index (χ4v) is 4.40. The number of rotatable bonds is 2. The summed E-state index contributed by atoms with van der Waals surface area (Å²) in [5, 5.41) is 1.33. The van der Waals surface area contributed by atoms with Crippen LogP contribution in [0, 0.1) is 6.92 Å². The molecule has 1 aliphatic heterocycles. The van der Waals surface area contributed by atoms with Crippen LogP contribution in [0.1, 0.15) is 40.4 Å². The molecule has 1 N–H and O–H groups in total. The molecule has 3 nitrogen and oxygen atoms in total. The molecule has 0 bridgehead atoms. The van der Waals surface area contributed by atoms with Gasteiger partial charge in [-0.1, -0.05) is 40.2 Å². The summed E-state index contributed by atoms with van der Waals surface area (Å²) in [6, 6.07) is 16.2. The highest BCUT2D eigenvalue weighted by molar-refractivity contribution is 9.10. The van der Waals surface area contributed by atoms with Crippen LogP contribution >= 0.6 is 15.9 Å². The summed E-state index contributed by atoms with van der Waals surface area (Å²) in [6.07, 6.45) is 2.03. The van der Waals surface area contributed by atoms with Crippen LogP contribution in [0.2, 0.25) is 0 Å². The molecule has 0 unspecified atom stereocenters. The number of H-pyrrole nitrogens is 1. The van der Waals surface area contributed by atoms with E-state index in [1.165, 1.54) is 22.2 Å². The number of hydrogen-bond acceptors (Lipinski definition) is 1. The summed E-state index contributed by atoms with van der Waals surface area (Å²) in [4.78, 5) is 18.2. The van der Waals surface area contributed by atoms with Gasteiger partial charge >= 0.3 is 0 Å². The summed E-state index contributed by atoms with van der Waals surface area (Å²) < 4.78 is 0.947. The van der Waals surface area contributed by atoms with Crippen LogP contribution in [0.3, 0.4) is 0 Å².